The summed E-state index contributed by atoms with van der Waals surface area (Å²) in [6.07, 6.45) is 7.58. The Morgan fingerprint density at radius 2 is 2.16 bits per heavy atom. The molecule has 1 amide bonds. The number of hydrogen-bond acceptors (Lipinski definition) is 3. The van der Waals surface area contributed by atoms with Crippen LogP contribution in [0.25, 0.3) is 0 Å². The molecule has 1 fully saturated rings. The van der Waals surface area contributed by atoms with Gasteiger partial charge in [0.15, 0.2) is 0 Å². The molecule has 1 atom stereocenters. The lowest BCUT2D eigenvalue weighted by molar-refractivity contribution is -0.121. The molecule has 0 spiro atoms. The van der Waals surface area contributed by atoms with Crippen molar-refractivity contribution in [1.82, 2.24) is 10.2 Å². The first-order valence-corrected chi connectivity index (χ1v) is 7.77. The average Bonchev–Trinajstić information content (AvgIpc) is 2.45. The highest BCUT2D eigenvalue weighted by Gasteiger charge is 2.20. The maximum absolute atomic E-state index is 11.8. The molecule has 1 heterocycles. The van der Waals surface area contributed by atoms with Crippen molar-refractivity contribution in [3.05, 3.63) is 0 Å². The van der Waals surface area contributed by atoms with Crippen molar-refractivity contribution >= 4 is 5.91 Å². The van der Waals surface area contributed by atoms with Crippen molar-refractivity contribution in [1.29, 1.82) is 0 Å². The number of nitrogens with one attached hydrogen (secondary N) is 1. The lowest BCUT2D eigenvalue weighted by Crippen LogP contribution is -2.46. The number of hydrogen-bond donors (Lipinski definition) is 1. The lowest BCUT2D eigenvalue weighted by Gasteiger charge is -2.34. The second kappa shape index (κ2) is 10.2. The SMILES string of the molecule is CCN1CCCCC1CNC(=O)CCCCCOC. The standard InChI is InChI=1S/C15H30N2O2/c1-3-17-11-7-6-9-14(17)13-16-15(18)10-5-4-8-12-19-2/h14H,3-13H2,1-2H3,(H,16,18). The number of piperidine rings is 1. The van der Waals surface area contributed by atoms with Crippen LogP contribution in [0.3, 0.4) is 0 Å². The van der Waals surface area contributed by atoms with E-state index in [0.29, 0.717) is 12.5 Å². The quantitative estimate of drug-likeness (QED) is 0.653. The molecule has 0 radical (unpaired) electrons. The molecular weight excluding hydrogens is 240 g/mol. The fraction of sp³-hybridized carbons (Fsp3) is 0.933. The van der Waals surface area contributed by atoms with Crippen molar-refractivity contribution in [2.45, 2.75) is 57.9 Å². The third kappa shape index (κ3) is 6.92. The normalized spacial score (nSPS) is 20.4. The summed E-state index contributed by atoms with van der Waals surface area (Å²) >= 11 is 0. The van der Waals surface area contributed by atoms with Gasteiger partial charge in [-0.1, -0.05) is 19.8 Å². The van der Waals surface area contributed by atoms with E-state index >= 15 is 0 Å². The first-order valence-electron chi connectivity index (χ1n) is 7.77. The number of nitrogens with zero attached hydrogens (tertiary/aromatic N) is 1. The second-order valence-corrected chi connectivity index (χ2v) is 5.39. The van der Waals surface area contributed by atoms with E-state index in [9.17, 15) is 4.79 Å². The minimum absolute atomic E-state index is 0.207. The highest BCUT2D eigenvalue weighted by Crippen LogP contribution is 2.15. The summed E-state index contributed by atoms with van der Waals surface area (Å²) in [5.74, 6) is 0.207. The number of amides is 1. The largest absolute Gasteiger partial charge is 0.385 e. The fourth-order valence-corrected chi connectivity index (χ4v) is 2.74. The minimum atomic E-state index is 0.207. The van der Waals surface area contributed by atoms with Crippen LogP contribution in [0.5, 0.6) is 0 Å². The van der Waals surface area contributed by atoms with Crippen molar-refractivity contribution in [2.24, 2.45) is 0 Å². The Hall–Kier alpha value is -0.610. The second-order valence-electron chi connectivity index (χ2n) is 5.39. The molecule has 1 aliphatic heterocycles. The molecule has 0 saturated carbocycles. The van der Waals surface area contributed by atoms with Gasteiger partial charge in [0.2, 0.25) is 5.91 Å². The average molecular weight is 270 g/mol. The number of carbonyl (C=O) groups excluding carboxylic acids is 1. The number of carbonyl (C=O) groups is 1. The molecule has 4 heteroatoms. The van der Waals surface area contributed by atoms with Gasteiger partial charge < -0.3 is 10.1 Å². The number of methoxy groups -OCH3 is 1. The summed E-state index contributed by atoms with van der Waals surface area (Å²) in [6.45, 7) is 6.11. The Balaban J connectivity index is 2.08. The van der Waals surface area contributed by atoms with Crippen molar-refractivity contribution < 1.29 is 9.53 Å². The van der Waals surface area contributed by atoms with E-state index in [1.807, 2.05) is 0 Å². The molecule has 1 aliphatic rings. The number of rotatable bonds is 9. The van der Waals surface area contributed by atoms with Gasteiger partial charge >= 0.3 is 0 Å². The Labute approximate surface area is 117 Å². The molecule has 0 aliphatic carbocycles. The van der Waals surface area contributed by atoms with Gasteiger partial charge in [0.25, 0.3) is 0 Å². The molecule has 1 N–H and O–H groups in total. The summed E-state index contributed by atoms with van der Waals surface area (Å²) in [4.78, 5) is 14.2. The van der Waals surface area contributed by atoms with E-state index < -0.39 is 0 Å². The third-order valence-corrected chi connectivity index (χ3v) is 3.94. The van der Waals surface area contributed by atoms with E-state index in [4.69, 9.17) is 4.74 Å². The summed E-state index contributed by atoms with van der Waals surface area (Å²) in [5, 5.41) is 3.10. The topological polar surface area (TPSA) is 41.6 Å². The Morgan fingerprint density at radius 3 is 2.89 bits per heavy atom. The Morgan fingerprint density at radius 1 is 1.32 bits per heavy atom. The molecule has 0 bridgehead atoms. The zero-order valence-electron chi connectivity index (χ0n) is 12.6. The van der Waals surface area contributed by atoms with Gasteiger partial charge in [0, 0.05) is 32.7 Å². The number of unbranched alkanes of at least 4 members (excludes halogenated alkanes) is 2. The van der Waals surface area contributed by atoms with Gasteiger partial charge in [0.05, 0.1) is 0 Å². The van der Waals surface area contributed by atoms with Crippen LogP contribution in [0.15, 0.2) is 0 Å². The molecule has 0 aromatic carbocycles. The van der Waals surface area contributed by atoms with Crippen molar-refractivity contribution in [3.63, 3.8) is 0 Å². The van der Waals surface area contributed by atoms with Crippen LogP contribution in [0.2, 0.25) is 0 Å². The summed E-state index contributed by atoms with van der Waals surface area (Å²) in [6, 6.07) is 0.552. The number of ether oxygens (including phenoxy) is 1. The highest BCUT2D eigenvalue weighted by molar-refractivity contribution is 5.75. The maximum atomic E-state index is 11.8. The zero-order chi connectivity index (χ0) is 13.9. The van der Waals surface area contributed by atoms with Crippen LogP contribution in [0.1, 0.15) is 51.9 Å². The van der Waals surface area contributed by atoms with Gasteiger partial charge in [0.1, 0.15) is 0 Å². The van der Waals surface area contributed by atoms with Crippen molar-refractivity contribution in [3.8, 4) is 0 Å². The van der Waals surface area contributed by atoms with Gasteiger partial charge in [-0.05, 0) is 38.8 Å². The predicted octanol–water partition coefficient (Wildman–Crippen LogP) is 2.18. The molecule has 1 rings (SSSR count). The number of likely N-dealkylation sites (N-methyl/N-ethyl adjacent to an activating group) is 1. The first-order chi connectivity index (χ1) is 9.27. The smallest absolute Gasteiger partial charge is 0.220 e. The van der Waals surface area contributed by atoms with Crippen LogP contribution >= 0.6 is 0 Å². The minimum Gasteiger partial charge on any atom is -0.385 e. The van der Waals surface area contributed by atoms with E-state index in [2.05, 4.69) is 17.1 Å². The van der Waals surface area contributed by atoms with E-state index in [1.165, 1.54) is 25.8 Å². The van der Waals surface area contributed by atoms with Crippen molar-refractivity contribution in [2.75, 3.05) is 33.4 Å². The van der Waals surface area contributed by atoms with Crippen LogP contribution in [0, 0.1) is 0 Å². The monoisotopic (exact) mass is 270 g/mol. The maximum Gasteiger partial charge on any atom is 0.220 e. The first kappa shape index (κ1) is 16.4. The molecule has 4 nitrogen and oxygen atoms in total. The Bertz CT molecular complexity index is 246. The van der Waals surface area contributed by atoms with Crippen LogP contribution in [-0.4, -0.2) is 50.2 Å². The van der Waals surface area contributed by atoms with Crippen LogP contribution in [0.4, 0.5) is 0 Å². The van der Waals surface area contributed by atoms with E-state index in [-0.39, 0.29) is 5.91 Å². The fourth-order valence-electron chi connectivity index (χ4n) is 2.74. The van der Waals surface area contributed by atoms with Gasteiger partial charge in [-0.3, -0.25) is 9.69 Å². The van der Waals surface area contributed by atoms with E-state index in [0.717, 1.165) is 39.0 Å². The molecule has 1 unspecified atom stereocenters. The molecular formula is C15H30N2O2. The van der Waals surface area contributed by atoms with Gasteiger partial charge in [-0.2, -0.15) is 0 Å². The number of likely N-dealkylation sites (tertiary alicyclic amines) is 1. The van der Waals surface area contributed by atoms with E-state index in [1.54, 1.807) is 7.11 Å². The lowest BCUT2D eigenvalue weighted by atomic mass is 10.0. The summed E-state index contributed by atoms with van der Waals surface area (Å²) in [5.41, 5.74) is 0. The summed E-state index contributed by atoms with van der Waals surface area (Å²) in [7, 11) is 1.72. The Kier molecular flexibility index (Phi) is 8.84. The molecule has 0 aromatic heterocycles. The molecule has 112 valence electrons. The molecule has 1 saturated heterocycles. The summed E-state index contributed by atoms with van der Waals surface area (Å²) < 4.78 is 4.99. The molecule has 19 heavy (non-hydrogen) atoms. The highest BCUT2D eigenvalue weighted by atomic mass is 16.5. The predicted molar refractivity (Wildman–Crippen MR) is 78.2 cm³/mol. The van der Waals surface area contributed by atoms with Gasteiger partial charge in [-0.25, -0.2) is 0 Å². The van der Waals surface area contributed by atoms with Gasteiger partial charge in [-0.15, -0.1) is 0 Å². The third-order valence-electron chi connectivity index (χ3n) is 3.94. The molecule has 0 aromatic rings. The van der Waals surface area contributed by atoms with Crippen LogP contribution < -0.4 is 5.32 Å². The zero-order valence-corrected chi connectivity index (χ0v) is 12.6. The van der Waals surface area contributed by atoms with Crippen LogP contribution in [-0.2, 0) is 9.53 Å².